The van der Waals surface area contributed by atoms with Crippen molar-refractivity contribution >= 4 is 52.5 Å². The summed E-state index contributed by atoms with van der Waals surface area (Å²) in [5.74, 6) is -0.307. The maximum absolute atomic E-state index is 11.9. The molecule has 0 rings (SSSR count). The molecule has 0 heterocycles. The summed E-state index contributed by atoms with van der Waals surface area (Å²) in [4.78, 5) is 35.8. The fourth-order valence-electron chi connectivity index (χ4n) is 2.56. The van der Waals surface area contributed by atoms with Gasteiger partial charge in [-0.2, -0.15) is 0 Å². The lowest BCUT2D eigenvalue weighted by Crippen LogP contribution is -2.34. The molecule has 0 radical (unpaired) electrons. The highest BCUT2D eigenvalue weighted by Gasteiger charge is 2.11. The first-order valence-electron chi connectivity index (χ1n) is 9.54. The van der Waals surface area contributed by atoms with Gasteiger partial charge in [0, 0.05) is 26.2 Å². The Bertz CT molecular complexity index is 396. The van der Waals surface area contributed by atoms with Crippen molar-refractivity contribution in [3.8, 4) is 0 Å². The van der Waals surface area contributed by atoms with Gasteiger partial charge >= 0.3 is 0 Å². The summed E-state index contributed by atoms with van der Waals surface area (Å²) in [5, 5.41) is 5.47. The van der Waals surface area contributed by atoms with E-state index in [0.717, 1.165) is 51.4 Å². The first kappa shape index (κ1) is 26.3. The van der Waals surface area contributed by atoms with E-state index >= 15 is 0 Å². The van der Waals surface area contributed by atoms with E-state index in [4.69, 9.17) is 34.8 Å². The van der Waals surface area contributed by atoms with Gasteiger partial charge in [-0.05, 0) is 25.7 Å². The summed E-state index contributed by atoms with van der Waals surface area (Å²) in [6.45, 7) is 2.71. The number of carbonyl (C=O) groups is 3. The number of carbonyl (C=O) groups excluding carboxylic acids is 3. The molecular weight excluding hydrogens is 413 g/mol. The van der Waals surface area contributed by atoms with Crippen molar-refractivity contribution in [3.05, 3.63) is 0 Å². The quantitative estimate of drug-likeness (QED) is 0.267. The molecule has 0 aliphatic carbocycles. The summed E-state index contributed by atoms with van der Waals surface area (Å²) in [5.41, 5.74) is 0. The van der Waals surface area contributed by atoms with Crippen molar-refractivity contribution < 1.29 is 14.4 Å². The lowest BCUT2D eigenvalue weighted by atomic mass is 10.1. The summed E-state index contributed by atoms with van der Waals surface area (Å²) in [6, 6.07) is 0. The van der Waals surface area contributed by atoms with Crippen molar-refractivity contribution in [2.75, 3.05) is 43.8 Å². The van der Waals surface area contributed by atoms with E-state index in [2.05, 4.69) is 10.6 Å². The molecular formula is C18H32Cl3N3O3. The lowest BCUT2D eigenvalue weighted by molar-refractivity contribution is -0.128. The van der Waals surface area contributed by atoms with Crippen LogP contribution in [-0.2, 0) is 14.4 Å². The smallest absolute Gasteiger partial charge is 0.237 e. The molecule has 0 aromatic carbocycles. The highest BCUT2D eigenvalue weighted by atomic mass is 35.5. The van der Waals surface area contributed by atoms with Gasteiger partial charge < -0.3 is 15.5 Å². The minimum Gasteiger partial charge on any atom is -0.355 e. The van der Waals surface area contributed by atoms with Crippen LogP contribution in [0.5, 0.6) is 0 Å². The molecule has 0 spiro atoms. The molecule has 6 nitrogen and oxygen atoms in total. The van der Waals surface area contributed by atoms with Crippen LogP contribution in [0.4, 0.5) is 0 Å². The summed E-state index contributed by atoms with van der Waals surface area (Å²) in [7, 11) is 0. The predicted octanol–water partition coefficient (Wildman–Crippen LogP) is 2.88. The number of nitrogens with zero attached hydrogens (tertiary/aromatic N) is 1. The molecule has 0 aliphatic rings. The molecule has 9 heteroatoms. The van der Waals surface area contributed by atoms with Crippen LogP contribution in [0.15, 0.2) is 0 Å². The Morgan fingerprint density at radius 3 is 1.37 bits per heavy atom. The maximum atomic E-state index is 11.9. The fourth-order valence-corrected chi connectivity index (χ4v) is 2.92. The number of halogens is 3. The van der Waals surface area contributed by atoms with E-state index in [1.54, 1.807) is 0 Å². The zero-order valence-electron chi connectivity index (χ0n) is 15.9. The van der Waals surface area contributed by atoms with E-state index in [0.29, 0.717) is 26.2 Å². The number of hydrogen-bond acceptors (Lipinski definition) is 3. The second-order valence-electron chi connectivity index (χ2n) is 6.31. The highest BCUT2D eigenvalue weighted by molar-refractivity contribution is 6.27. The molecule has 0 fully saturated rings. The average Bonchev–Trinajstić information content (AvgIpc) is 2.69. The minimum atomic E-state index is -0.142. The van der Waals surface area contributed by atoms with E-state index in [1.165, 1.54) is 0 Å². The number of amides is 3. The number of alkyl halides is 3. The fraction of sp³-hybridized carbons (Fsp3) is 0.833. The van der Waals surface area contributed by atoms with Crippen molar-refractivity contribution in [2.24, 2.45) is 0 Å². The Balaban J connectivity index is 3.75. The molecule has 0 aromatic heterocycles. The van der Waals surface area contributed by atoms with Crippen LogP contribution >= 0.6 is 34.8 Å². The highest BCUT2D eigenvalue weighted by Crippen LogP contribution is 2.06. The van der Waals surface area contributed by atoms with Crippen molar-refractivity contribution in [2.45, 2.75) is 51.4 Å². The number of nitrogens with one attached hydrogen (secondary N) is 2. The Morgan fingerprint density at radius 2 is 1.00 bits per heavy atom. The Hall–Kier alpha value is -0.720. The normalized spacial score (nSPS) is 10.5. The summed E-state index contributed by atoms with van der Waals surface area (Å²) < 4.78 is 0. The molecule has 158 valence electrons. The molecule has 0 bridgehead atoms. The predicted molar refractivity (Wildman–Crippen MR) is 112 cm³/mol. The average molecular weight is 445 g/mol. The third-order valence-corrected chi connectivity index (χ3v) is 4.78. The van der Waals surface area contributed by atoms with Crippen LogP contribution < -0.4 is 10.6 Å². The van der Waals surface area contributed by atoms with Crippen LogP contribution in [0.1, 0.15) is 51.4 Å². The molecule has 0 aliphatic heterocycles. The van der Waals surface area contributed by atoms with E-state index < -0.39 is 0 Å². The van der Waals surface area contributed by atoms with Crippen LogP contribution in [0.2, 0.25) is 0 Å². The monoisotopic (exact) mass is 443 g/mol. The molecule has 3 amide bonds. The molecule has 2 N–H and O–H groups in total. The van der Waals surface area contributed by atoms with Gasteiger partial charge in [-0.15, -0.1) is 34.8 Å². The van der Waals surface area contributed by atoms with Gasteiger partial charge in [0.05, 0.1) is 0 Å². The van der Waals surface area contributed by atoms with Gasteiger partial charge in [0.1, 0.15) is 17.6 Å². The van der Waals surface area contributed by atoms with E-state index in [1.807, 2.05) is 4.90 Å². The molecule has 0 saturated carbocycles. The topological polar surface area (TPSA) is 78.5 Å². The minimum absolute atomic E-state index is 0.00243. The SMILES string of the molecule is O=C(CCl)NCCCCCCN(CCCCCCNC(=O)CCl)C(=O)CCl. The van der Waals surface area contributed by atoms with Crippen molar-refractivity contribution in [1.82, 2.24) is 15.5 Å². The van der Waals surface area contributed by atoms with Crippen LogP contribution in [0.3, 0.4) is 0 Å². The largest absolute Gasteiger partial charge is 0.355 e. The Morgan fingerprint density at radius 1 is 0.593 bits per heavy atom. The summed E-state index contributed by atoms with van der Waals surface area (Å²) in [6.07, 6.45) is 7.68. The van der Waals surface area contributed by atoms with E-state index in [-0.39, 0.29) is 35.4 Å². The Labute approximate surface area is 177 Å². The summed E-state index contributed by atoms with van der Waals surface area (Å²) >= 11 is 16.5. The molecule has 0 unspecified atom stereocenters. The first-order chi connectivity index (χ1) is 13.0. The lowest BCUT2D eigenvalue weighted by Gasteiger charge is -2.22. The third kappa shape index (κ3) is 16.0. The second-order valence-corrected chi connectivity index (χ2v) is 7.11. The molecule has 0 aromatic rings. The third-order valence-electron chi connectivity index (χ3n) is 4.06. The Kier molecular flexibility index (Phi) is 18.1. The van der Waals surface area contributed by atoms with Gasteiger partial charge in [0.25, 0.3) is 0 Å². The molecule has 0 atom stereocenters. The van der Waals surface area contributed by atoms with Crippen LogP contribution in [0, 0.1) is 0 Å². The maximum Gasteiger partial charge on any atom is 0.237 e. The molecule has 27 heavy (non-hydrogen) atoms. The van der Waals surface area contributed by atoms with Crippen molar-refractivity contribution in [1.29, 1.82) is 0 Å². The van der Waals surface area contributed by atoms with Gasteiger partial charge in [-0.25, -0.2) is 0 Å². The van der Waals surface area contributed by atoms with Crippen molar-refractivity contribution in [3.63, 3.8) is 0 Å². The van der Waals surface area contributed by atoms with Crippen LogP contribution in [0.25, 0.3) is 0 Å². The van der Waals surface area contributed by atoms with Gasteiger partial charge in [-0.1, -0.05) is 25.7 Å². The second kappa shape index (κ2) is 18.6. The first-order valence-corrected chi connectivity index (χ1v) is 11.1. The zero-order chi connectivity index (χ0) is 20.3. The molecule has 0 saturated heterocycles. The van der Waals surface area contributed by atoms with Crippen LogP contribution in [-0.4, -0.2) is 66.4 Å². The van der Waals surface area contributed by atoms with Gasteiger partial charge in [-0.3, -0.25) is 14.4 Å². The van der Waals surface area contributed by atoms with Gasteiger partial charge in [0.2, 0.25) is 17.7 Å². The number of unbranched alkanes of at least 4 members (excludes halogenated alkanes) is 6. The zero-order valence-corrected chi connectivity index (χ0v) is 18.2. The number of hydrogen-bond donors (Lipinski definition) is 2. The number of rotatable bonds is 17. The standard InChI is InChI=1S/C18H32Cl3N3O3/c19-13-16(25)22-9-5-1-3-7-11-24(18(27)15-21)12-8-4-2-6-10-23-17(26)14-20/h1-15H2,(H,22,25)(H,23,26). The van der Waals surface area contributed by atoms with E-state index in [9.17, 15) is 14.4 Å². The van der Waals surface area contributed by atoms with Gasteiger partial charge in [0.15, 0.2) is 0 Å².